The first-order valence-electron chi connectivity index (χ1n) is 6.15. The molecule has 0 aliphatic carbocycles. The van der Waals surface area contributed by atoms with E-state index in [9.17, 15) is 5.11 Å². The Balaban J connectivity index is 0.00000162. The van der Waals surface area contributed by atoms with Gasteiger partial charge in [-0.2, -0.15) is 0 Å². The van der Waals surface area contributed by atoms with E-state index in [1.165, 1.54) is 0 Å². The van der Waals surface area contributed by atoms with Crippen molar-refractivity contribution in [1.29, 1.82) is 0 Å². The van der Waals surface area contributed by atoms with E-state index in [0.717, 1.165) is 29.4 Å². The van der Waals surface area contributed by atoms with Crippen molar-refractivity contribution in [2.24, 2.45) is 0 Å². The second-order valence-corrected chi connectivity index (χ2v) is 4.14. The molecular weight excluding hydrogens is 217 g/mol. The van der Waals surface area contributed by atoms with Crippen LogP contribution in [0.2, 0.25) is 0 Å². The summed E-state index contributed by atoms with van der Waals surface area (Å²) in [4.78, 5) is 1.93. The fourth-order valence-corrected chi connectivity index (χ4v) is 2.22. The monoisotopic (exact) mass is 235 g/mol. The van der Waals surface area contributed by atoms with Gasteiger partial charge in [0.25, 0.3) is 0 Å². The van der Waals surface area contributed by atoms with Crippen LogP contribution in [0.3, 0.4) is 0 Å². The normalized spacial score (nSPS) is 12.4. The van der Waals surface area contributed by atoms with Crippen molar-refractivity contribution in [3.8, 4) is 0 Å². The molecule has 18 heavy (non-hydrogen) atoms. The van der Waals surface area contributed by atoms with Gasteiger partial charge < -0.3 is 10.0 Å². The molecule has 0 saturated heterocycles. The van der Waals surface area contributed by atoms with Crippen LogP contribution in [0.25, 0.3) is 10.8 Å². The molecule has 0 fully saturated rings. The Hall–Kier alpha value is -0.783. The molecule has 90 valence electrons. The Bertz CT molecular complexity index is 491. The first-order chi connectivity index (χ1) is 8.27. The molecule has 0 aromatic heterocycles. The van der Waals surface area contributed by atoms with Crippen LogP contribution in [-0.2, 0) is 0 Å². The zero-order valence-corrected chi connectivity index (χ0v) is 11.4. The van der Waals surface area contributed by atoms with E-state index in [1.807, 2.05) is 61.2 Å². The molecule has 0 aliphatic heterocycles. The maximum Gasteiger partial charge on any atom is 1.00 e. The molecule has 0 spiro atoms. The predicted octanol–water partition coefficient (Wildman–Crippen LogP) is -0.455. The van der Waals surface area contributed by atoms with Gasteiger partial charge in [0.05, 0.1) is 0 Å². The molecule has 2 aromatic carbocycles. The molecule has 0 amide bonds. The number of nitrogens with zero attached hydrogens (tertiary/aromatic N) is 1. The molecule has 1 unspecified atom stereocenters. The Morgan fingerprint density at radius 2 is 1.61 bits per heavy atom. The third-order valence-electron chi connectivity index (χ3n) is 3.23. The maximum absolute atomic E-state index is 12.4. The predicted molar refractivity (Wildman–Crippen MR) is 69.6 cm³/mol. The number of fused-ring (bicyclic) bond motifs is 1. The first kappa shape index (κ1) is 15.3. The van der Waals surface area contributed by atoms with Gasteiger partial charge in [0.1, 0.15) is 0 Å². The zero-order chi connectivity index (χ0) is 12.3. The van der Waals surface area contributed by atoms with Gasteiger partial charge in [-0.05, 0) is 35.7 Å². The van der Waals surface area contributed by atoms with Crippen LogP contribution in [0.15, 0.2) is 42.5 Å². The van der Waals surface area contributed by atoms with Crippen molar-refractivity contribution >= 4 is 10.8 Å². The van der Waals surface area contributed by atoms with Crippen molar-refractivity contribution in [1.82, 2.24) is 4.90 Å². The van der Waals surface area contributed by atoms with Gasteiger partial charge >= 0.3 is 18.9 Å². The molecule has 0 heterocycles. The van der Waals surface area contributed by atoms with Crippen LogP contribution in [0.4, 0.5) is 0 Å². The summed E-state index contributed by atoms with van der Waals surface area (Å²) in [5.74, 6) is 0. The van der Waals surface area contributed by atoms with Crippen molar-refractivity contribution in [3.05, 3.63) is 48.0 Å². The molecular formula is C15H18LiNO. The standard InChI is InChI=1S/C15H18NO.Li/c1-3-16(4-2)15(17)14-11-7-9-12-8-5-6-10-13(12)14;/h5-11,15H,3-4H2,1-2H3;/q-1;+1. The summed E-state index contributed by atoms with van der Waals surface area (Å²) in [7, 11) is 0. The topological polar surface area (TPSA) is 26.3 Å². The van der Waals surface area contributed by atoms with E-state index in [1.54, 1.807) is 0 Å². The molecule has 0 N–H and O–H groups in total. The Morgan fingerprint density at radius 3 is 2.28 bits per heavy atom. The molecule has 0 saturated carbocycles. The van der Waals surface area contributed by atoms with Gasteiger partial charge in [-0.15, -0.1) is 0 Å². The summed E-state index contributed by atoms with van der Waals surface area (Å²) in [5, 5.41) is 14.6. The fraction of sp³-hybridized carbons (Fsp3) is 0.333. The molecule has 3 heteroatoms. The third kappa shape index (κ3) is 2.96. The van der Waals surface area contributed by atoms with Gasteiger partial charge in [-0.25, -0.2) is 0 Å². The third-order valence-corrected chi connectivity index (χ3v) is 3.23. The molecule has 2 nitrogen and oxygen atoms in total. The average molecular weight is 235 g/mol. The van der Waals surface area contributed by atoms with Crippen molar-refractivity contribution in [2.45, 2.75) is 20.1 Å². The second-order valence-electron chi connectivity index (χ2n) is 4.14. The minimum absolute atomic E-state index is 0. The number of hydrogen-bond acceptors (Lipinski definition) is 2. The summed E-state index contributed by atoms with van der Waals surface area (Å²) in [6, 6.07) is 14.0. The second kappa shape index (κ2) is 6.97. The minimum atomic E-state index is -0.768. The van der Waals surface area contributed by atoms with E-state index >= 15 is 0 Å². The fourth-order valence-electron chi connectivity index (χ4n) is 2.22. The summed E-state index contributed by atoms with van der Waals surface area (Å²) in [6.07, 6.45) is -0.768. The van der Waals surface area contributed by atoms with Gasteiger partial charge in [-0.3, -0.25) is 0 Å². The van der Waals surface area contributed by atoms with Crippen LogP contribution < -0.4 is 24.0 Å². The van der Waals surface area contributed by atoms with Gasteiger partial charge in [-0.1, -0.05) is 56.3 Å². The van der Waals surface area contributed by atoms with E-state index < -0.39 is 6.23 Å². The Kier molecular flexibility index (Phi) is 5.91. The maximum atomic E-state index is 12.4. The minimum Gasteiger partial charge on any atom is -0.837 e. The molecule has 0 bridgehead atoms. The number of hydrogen-bond donors (Lipinski definition) is 0. The van der Waals surface area contributed by atoms with Crippen LogP contribution in [0, 0.1) is 0 Å². The van der Waals surface area contributed by atoms with Crippen LogP contribution in [-0.4, -0.2) is 18.0 Å². The van der Waals surface area contributed by atoms with E-state index in [-0.39, 0.29) is 18.9 Å². The summed E-state index contributed by atoms with van der Waals surface area (Å²) in [6.45, 7) is 5.63. The smallest absolute Gasteiger partial charge is 0.837 e. The summed E-state index contributed by atoms with van der Waals surface area (Å²) >= 11 is 0. The van der Waals surface area contributed by atoms with Crippen molar-refractivity contribution in [3.63, 3.8) is 0 Å². The number of benzene rings is 2. The molecule has 0 radical (unpaired) electrons. The van der Waals surface area contributed by atoms with Crippen molar-refractivity contribution in [2.75, 3.05) is 13.1 Å². The van der Waals surface area contributed by atoms with E-state index in [2.05, 4.69) is 0 Å². The quantitative estimate of drug-likeness (QED) is 0.530. The molecule has 0 aliphatic rings. The van der Waals surface area contributed by atoms with E-state index in [4.69, 9.17) is 0 Å². The summed E-state index contributed by atoms with van der Waals surface area (Å²) in [5.41, 5.74) is 0.881. The van der Waals surface area contributed by atoms with Crippen molar-refractivity contribution < 1.29 is 24.0 Å². The van der Waals surface area contributed by atoms with Gasteiger partial charge in [0.15, 0.2) is 0 Å². The van der Waals surface area contributed by atoms with Crippen LogP contribution in [0.5, 0.6) is 0 Å². The first-order valence-corrected chi connectivity index (χ1v) is 6.15. The molecule has 2 rings (SSSR count). The molecule has 2 aromatic rings. The molecule has 1 atom stereocenters. The van der Waals surface area contributed by atoms with Gasteiger partial charge in [0, 0.05) is 0 Å². The summed E-state index contributed by atoms with van der Waals surface area (Å²) < 4.78 is 0. The number of rotatable bonds is 4. The van der Waals surface area contributed by atoms with Crippen LogP contribution >= 0.6 is 0 Å². The van der Waals surface area contributed by atoms with E-state index in [0.29, 0.717) is 0 Å². The SMILES string of the molecule is CCN(CC)C([O-])c1cccc2ccccc12.[Li+]. The zero-order valence-electron chi connectivity index (χ0n) is 11.4. The largest absolute Gasteiger partial charge is 1.00 e. The van der Waals surface area contributed by atoms with Crippen LogP contribution in [0.1, 0.15) is 25.6 Å². The van der Waals surface area contributed by atoms with Gasteiger partial charge in [0.2, 0.25) is 0 Å². The Labute approximate surface area is 121 Å². The average Bonchev–Trinajstić information content (AvgIpc) is 2.39. The Morgan fingerprint density at radius 1 is 1.00 bits per heavy atom.